The molecule has 0 radical (unpaired) electrons. The number of halogens is 3. The minimum atomic E-state index is -4.49. The Morgan fingerprint density at radius 1 is 1.15 bits per heavy atom. The second kappa shape index (κ2) is 7.38. The molecule has 33 heavy (non-hydrogen) atoms. The van der Waals surface area contributed by atoms with Crippen LogP contribution in [-0.4, -0.2) is 50.6 Å². The van der Waals surface area contributed by atoms with Crippen LogP contribution in [0.5, 0.6) is 0 Å². The van der Waals surface area contributed by atoms with Crippen molar-refractivity contribution in [3.63, 3.8) is 0 Å². The van der Waals surface area contributed by atoms with E-state index in [-0.39, 0.29) is 11.7 Å². The van der Waals surface area contributed by atoms with Crippen LogP contribution in [0.4, 0.5) is 19.0 Å². The predicted molar refractivity (Wildman–Crippen MR) is 119 cm³/mol. The topological polar surface area (TPSA) is 82.6 Å². The third-order valence-electron chi connectivity index (χ3n) is 6.49. The van der Waals surface area contributed by atoms with Crippen LogP contribution in [0.3, 0.4) is 0 Å². The fourth-order valence-corrected chi connectivity index (χ4v) is 4.65. The Labute approximate surface area is 187 Å². The molecule has 1 aliphatic carbocycles. The summed E-state index contributed by atoms with van der Waals surface area (Å²) in [5, 5.41) is 4.75. The van der Waals surface area contributed by atoms with Gasteiger partial charge in [0.05, 0.1) is 11.7 Å². The number of anilines is 1. The SMILES string of the molecule is C[C@@H]1CNCCN1c1nc(-c2ccnc3[nH]c(C(F)(F)F)cc23)nc2cncc(C3CC3)c12. The van der Waals surface area contributed by atoms with Crippen LogP contribution in [-0.2, 0) is 6.18 Å². The smallest absolute Gasteiger partial charge is 0.351 e. The highest BCUT2D eigenvalue weighted by Crippen LogP contribution is 2.45. The number of aromatic nitrogens is 5. The van der Waals surface area contributed by atoms with Crippen molar-refractivity contribution in [2.75, 3.05) is 24.5 Å². The number of fused-ring (bicyclic) bond motifs is 2. The first-order chi connectivity index (χ1) is 15.9. The molecule has 10 heteroatoms. The summed E-state index contributed by atoms with van der Waals surface area (Å²) in [6.07, 6.45) is 2.85. The van der Waals surface area contributed by atoms with Crippen LogP contribution in [0.15, 0.2) is 30.7 Å². The average molecular weight is 453 g/mol. The number of pyridine rings is 2. The van der Waals surface area contributed by atoms with Crippen LogP contribution in [0, 0.1) is 0 Å². The van der Waals surface area contributed by atoms with Crippen LogP contribution in [0.2, 0.25) is 0 Å². The molecule has 4 aromatic rings. The number of aromatic amines is 1. The Morgan fingerprint density at radius 3 is 2.76 bits per heavy atom. The summed E-state index contributed by atoms with van der Waals surface area (Å²) >= 11 is 0. The van der Waals surface area contributed by atoms with Gasteiger partial charge in [-0.3, -0.25) is 4.98 Å². The van der Waals surface area contributed by atoms with Gasteiger partial charge in [-0.05, 0) is 43.4 Å². The first kappa shape index (κ1) is 20.3. The molecule has 2 aliphatic rings. The number of piperazine rings is 1. The highest BCUT2D eigenvalue weighted by Gasteiger charge is 2.34. The second-order valence-corrected chi connectivity index (χ2v) is 8.82. The quantitative estimate of drug-likeness (QED) is 0.482. The van der Waals surface area contributed by atoms with E-state index in [1.165, 1.54) is 6.20 Å². The second-order valence-electron chi connectivity index (χ2n) is 8.82. The Kier molecular flexibility index (Phi) is 4.55. The van der Waals surface area contributed by atoms with Crippen molar-refractivity contribution < 1.29 is 13.2 Å². The first-order valence-corrected chi connectivity index (χ1v) is 11.1. The fraction of sp³-hybridized carbons (Fsp3) is 0.391. The van der Waals surface area contributed by atoms with Crippen molar-refractivity contribution in [1.29, 1.82) is 0 Å². The number of H-pyrrole nitrogens is 1. The molecule has 2 N–H and O–H groups in total. The van der Waals surface area contributed by atoms with Crippen LogP contribution in [0.25, 0.3) is 33.3 Å². The summed E-state index contributed by atoms with van der Waals surface area (Å²) in [7, 11) is 0. The molecule has 1 atom stereocenters. The van der Waals surface area contributed by atoms with Gasteiger partial charge in [0.25, 0.3) is 0 Å². The molecular weight excluding hydrogens is 431 g/mol. The van der Waals surface area contributed by atoms with Gasteiger partial charge in [0.15, 0.2) is 5.82 Å². The van der Waals surface area contributed by atoms with E-state index in [2.05, 4.69) is 32.1 Å². The van der Waals surface area contributed by atoms with Gasteiger partial charge in [-0.15, -0.1) is 0 Å². The van der Waals surface area contributed by atoms with E-state index >= 15 is 0 Å². The summed E-state index contributed by atoms with van der Waals surface area (Å²) in [5.41, 5.74) is 1.69. The molecule has 6 rings (SSSR count). The molecular formula is C23H22F3N7. The van der Waals surface area contributed by atoms with Crippen LogP contribution < -0.4 is 10.2 Å². The maximum absolute atomic E-state index is 13.3. The number of alkyl halides is 3. The molecule has 0 unspecified atom stereocenters. The number of nitrogens with one attached hydrogen (secondary N) is 2. The van der Waals surface area contributed by atoms with Crippen molar-refractivity contribution in [3.05, 3.63) is 42.0 Å². The van der Waals surface area contributed by atoms with E-state index in [1.54, 1.807) is 12.3 Å². The minimum Gasteiger partial charge on any atom is -0.351 e. The average Bonchev–Trinajstić information content (AvgIpc) is 3.54. The summed E-state index contributed by atoms with van der Waals surface area (Å²) in [6.45, 7) is 4.59. The van der Waals surface area contributed by atoms with Crippen molar-refractivity contribution in [1.82, 2.24) is 30.2 Å². The van der Waals surface area contributed by atoms with Crippen LogP contribution >= 0.6 is 0 Å². The molecule has 4 aromatic heterocycles. The van der Waals surface area contributed by atoms with Crippen molar-refractivity contribution in [2.45, 2.75) is 37.9 Å². The molecule has 5 heterocycles. The zero-order chi connectivity index (χ0) is 22.7. The normalized spacial score (nSPS) is 19.5. The van der Waals surface area contributed by atoms with E-state index in [0.717, 1.165) is 55.3 Å². The van der Waals surface area contributed by atoms with Gasteiger partial charge in [-0.2, -0.15) is 13.2 Å². The van der Waals surface area contributed by atoms with Crippen molar-refractivity contribution in [3.8, 4) is 11.4 Å². The van der Waals surface area contributed by atoms with Crippen LogP contribution in [0.1, 0.15) is 36.9 Å². The largest absolute Gasteiger partial charge is 0.431 e. The van der Waals surface area contributed by atoms with Gasteiger partial charge in [-0.1, -0.05) is 0 Å². The Morgan fingerprint density at radius 2 is 2.00 bits per heavy atom. The minimum absolute atomic E-state index is 0.158. The summed E-state index contributed by atoms with van der Waals surface area (Å²) in [6, 6.07) is 2.96. The van der Waals surface area contributed by atoms with E-state index in [1.807, 2.05) is 6.20 Å². The van der Waals surface area contributed by atoms with E-state index in [9.17, 15) is 13.2 Å². The predicted octanol–water partition coefficient (Wildman–Crippen LogP) is 4.26. The fourth-order valence-electron chi connectivity index (χ4n) is 4.65. The third kappa shape index (κ3) is 3.49. The molecule has 1 aliphatic heterocycles. The summed E-state index contributed by atoms with van der Waals surface area (Å²) in [4.78, 5) is 22.9. The Balaban J connectivity index is 1.60. The Hall–Kier alpha value is -3.27. The van der Waals surface area contributed by atoms with Gasteiger partial charge in [0.2, 0.25) is 0 Å². The lowest BCUT2D eigenvalue weighted by atomic mass is 10.1. The van der Waals surface area contributed by atoms with E-state index in [0.29, 0.717) is 28.2 Å². The number of rotatable bonds is 3. The molecule has 0 spiro atoms. The molecule has 2 fully saturated rings. The lowest BCUT2D eigenvalue weighted by Gasteiger charge is -2.36. The first-order valence-electron chi connectivity index (χ1n) is 11.1. The standard InChI is InChI=1S/C23H22F3N7/c1-12-9-27-6-7-33(12)22-19-16(13-2-3-13)10-28-11-17(19)30-21(32-22)14-4-5-29-20-15(14)8-18(31-20)23(24,25)26/h4-5,8,10-13,27H,2-3,6-7,9H2,1H3,(H,29,31)/t12-/m1/s1. The summed E-state index contributed by atoms with van der Waals surface area (Å²) in [5.74, 6) is 1.65. The van der Waals surface area contributed by atoms with Gasteiger partial charge in [-0.25, -0.2) is 15.0 Å². The number of nitrogens with zero attached hydrogens (tertiary/aromatic N) is 5. The molecule has 0 bridgehead atoms. The highest BCUT2D eigenvalue weighted by molar-refractivity contribution is 5.97. The van der Waals surface area contributed by atoms with Gasteiger partial charge >= 0.3 is 6.18 Å². The molecule has 0 aromatic carbocycles. The van der Waals surface area contributed by atoms with Crippen molar-refractivity contribution in [2.24, 2.45) is 0 Å². The van der Waals surface area contributed by atoms with E-state index in [4.69, 9.17) is 9.97 Å². The monoisotopic (exact) mass is 453 g/mol. The third-order valence-corrected chi connectivity index (χ3v) is 6.49. The molecule has 1 saturated carbocycles. The summed E-state index contributed by atoms with van der Waals surface area (Å²) < 4.78 is 40.0. The zero-order valence-electron chi connectivity index (χ0n) is 17.9. The molecule has 1 saturated heterocycles. The Bertz CT molecular complexity index is 1360. The molecule has 170 valence electrons. The maximum Gasteiger partial charge on any atom is 0.431 e. The number of hydrogen-bond donors (Lipinski definition) is 2. The highest BCUT2D eigenvalue weighted by atomic mass is 19.4. The lowest BCUT2D eigenvalue weighted by molar-refractivity contribution is -0.140. The van der Waals surface area contributed by atoms with E-state index < -0.39 is 11.9 Å². The maximum atomic E-state index is 13.3. The molecule has 7 nitrogen and oxygen atoms in total. The van der Waals surface area contributed by atoms with Crippen molar-refractivity contribution >= 4 is 27.8 Å². The van der Waals surface area contributed by atoms with Gasteiger partial charge < -0.3 is 15.2 Å². The van der Waals surface area contributed by atoms with Gasteiger partial charge in [0.1, 0.15) is 17.2 Å². The van der Waals surface area contributed by atoms with Gasteiger partial charge in [0, 0.05) is 54.4 Å². The zero-order valence-corrected chi connectivity index (χ0v) is 17.9. The number of hydrogen-bond acceptors (Lipinski definition) is 6. The molecule has 0 amide bonds. The lowest BCUT2D eigenvalue weighted by Crippen LogP contribution is -2.50.